The van der Waals surface area contributed by atoms with Crippen LogP contribution in [0, 0.1) is 0 Å². The molecule has 1 saturated heterocycles. The number of aromatic hydroxyl groups is 2. The van der Waals surface area contributed by atoms with Crippen molar-refractivity contribution in [1.29, 1.82) is 0 Å². The van der Waals surface area contributed by atoms with Crippen molar-refractivity contribution in [3.63, 3.8) is 0 Å². The zero-order valence-corrected chi connectivity index (χ0v) is 17.9. The van der Waals surface area contributed by atoms with E-state index in [9.17, 15) is 24.9 Å². The van der Waals surface area contributed by atoms with E-state index in [0.717, 1.165) is 11.3 Å². The highest BCUT2D eigenvalue weighted by atomic mass is 16.5. The van der Waals surface area contributed by atoms with Gasteiger partial charge in [0.05, 0.1) is 23.9 Å². The van der Waals surface area contributed by atoms with Gasteiger partial charge in [-0.05, 0) is 48.4 Å². The molecule has 0 saturated carbocycles. The zero-order valence-electron chi connectivity index (χ0n) is 17.9. The number of aliphatic hydroxyl groups excluding tert-OH is 1. The van der Waals surface area contributed by atoms with Gasteiger partial charge < -0.3 is 20.1 Å². The van der Waals surface area contributed by atoms with Crippen molar-refractivity contribution >= 4 is 23.1 Å². The predicted molar refractivity (Wildman–Crippen MR) is 123 cm³/mol. The fraction of sp³-hybridized carbons (Fsp3) is 0.154. The summed E-state index contributed by atoms with van der Waals surface area (Å²) in [4.78, 5) is 27.4. The van der Waals surface area contributed by atoms with Crippen LogP contribution >= 0.6 is 0 Å². The molecule has 1 amide bonds. The molecule has 0 radical (unpaired) electrons. The molecule has 0 aromatic heterocycles. The summed E-state index contributed by atoms with van der Waals surface area (Å²) in [7, 11) is 0. The lowest BCUT2D eigenvalue weighted by atomic mass is 9.95. The molecule has 1 fully saturated rings. The van der Waals surface area contributed by atoms with Gasteiger partial charge in [0.25, 0.3) is 11.7 Å². The summed E-state index contributed by atoms with van der Waals surface area (Å²) in [6.45, 7) is 2.46. The minimum atomic E-state index is -1.06. The molecule has 3 aromatic rings. The highest BCUT2D eigenvalue weighted by Crippen LogP contribution is 2.45. The van der Waals surface area contributed by atoms with Gasteiger partial charge in [0.2, 0.25) is 0 Å². The number of amides is 1. The third-order valence-electron chi connectivity index (χ3n) is 5.35. The summed E-state index contributed by atoms with van der Waals surface area (Å²) in [6, 6.07) is 17.8. The van der Waals surface area contributed by atoms with E-state index in [2.05, 4.69) is 0 Å². The van der Waals surface area contributed by atoms with Gasteiger partial charge in [-0.3, -0.25) is 14.5 Å². The molecule has 0 spiro atoms. The largest absolute Gasteiger partial charge is 0.508 e. The third kappa shape index (κ3) is 4.13. The fourth-order valence-corrected chi connectivity index (χ4v) is 3.87. The summed E-state index contributed by atoms with van der Waals surface area (Å²) in [6.07, 6.45) is 0.805. The molecule has 168 valence electrons. The number of para-hydroxylation sites is 2. The number of Topliss-reactive ketones (excluding diaryl/α,β-unsaturated/α-hetero) is 1. The van der Waals surface area contributed by atoms with Gasteiger partial charge in [0, 0.05) is 5.56 Å². The SMILES string of the molecule is CCCOc1cccc(/C(O)=C2/C(=O)C(=O)N(c3ccccc3O)C2c2cccc(O)c2)c1. The Morgan fingerprint density at radius 2 is 1.73 bits per heavy atom. The van der Waals surface area contributed by atoms with Crippen molar-refractivity contribution < 1.29 is 29.6 Å². The van der Waals surface area contributed by atoms with E-state index in [1.807, 2.05) is 6.92 Å². The van der Waals surface area contributed by atoms with Crippen LogP contribution in [0.15, 0.2) is 78.4 Å². The van der Waals surface area contributed by atoms with Crippen LogP contribution in [0.3, 0.4) is 0 Å². The maximum atomic E-state index is 13.2. The first kappa shape index (κ1) is 22.0. The summed E-state index contributed by atoms with van der Waals surface area (Å²) in [5.41, 5.74) is 0.676. The number of benzene rings is 3. The molecule has 1 unspecified atom stereocenters. The number of hydrogen-bond acceptors (Lipinski definition) is 6. The number of aliphatic hydroxyl groups is 1. The first-order valence-corrected chi connectivity index (χ1v) is 10.5. The van der Waals surface area contributed by atoms with Gasteiger partial charge in [0.15, 0.2) is 0 Å². The highest BCUT2D eigenvalue weighted by molar-refractivity contribution is 6.51. The Morgan fingerprint density at radius 1 is 0.970 bits per heavy atom. The van der Waals surface area contributed by atoms with Crippen LogP contribution in [0.5, 0.6) is 17.2 Å². The van der Waals surface area contributed by atoms with Gasteiger partial charge in [-0.1, -0.05) is 43.3 Å². The van der Waals surface area contributed by atoms with Gasteiger partial charge in [0.1, 0.15) is 23.0 Å². The van der Waals surface area contributed by atoms with Crippen LogP contribution in [-0.4, -0.2) is 33.6 Å². The molecule has 1 aliphatic rings. The van der Waals surface area contributed by atoms with E-state index in [4.69, 9.17) is 4.74 Å². The van der Waals surface area contributed by atoms with Crippen LogP contribution in [0.1, 0.15) is 30.5 Å². The van der Waals surface area contributed by atoms with E-state index >= 15 is 0 Å². The second kappa shape index (κ2) is 9.08. The Hall–Kier alpha value is -4.26. The summed E-state index contributed by atoms with van der Waals surface area (Å²) in [5, 5.41) is 31.6. The Kier molecular flexibility index (Phi) is 6.04. The molecular formula is C26H23NO6. The van der Waals surface area contributed by atoms with Crippen molar-refractivity contribution in [1.82, 2.24) is 0 Å². The Bertz CT molecular complexity index is 1250. The number of ketones is 1. The molecular weight excluding hydrogens is 422 g/mol. The van der Waals surface area contributed by atoms with Crippen LogP contribution < -0.4 is 9.64 Å². The molecule has 3 aromatic carbocycles. The maximum absolute atomic E-state index is 13.2. The predicted octanol–water partition coefficient (Wildman–Crippen LogP) is 4.51. The van der Waals surface area contributed by atoms with E-state index in [0.29, 0.717) is 23.5 Å². The average Bonchev–Trinajstić information content (AvgIpc) is 3.08. The topological polar surface area (TPSA) is 107 Å². The second-order valence-electron chi connectivity index (χ2n) is 7.63. The van der Waals surface area contributed by atoms with E-state index < -0.39 is 17.7 Å². The first-order valence-electron chi connectivity index (χ1n) is 10.5. The number of phenolic OH excluding ortho intramolecular Hbond substituents is 2. The van der Waals surface area contributed by atoms with E-state index in [-0.39, 0.29) is 28.5 Å². The van der Waals surface area contributed by atoms with Gasteiger partial charge in [-0.25, -0.2) is 0 Å². The smallest absolute Gasteiger partial charge is 0.300 e. The van der Waals surface area contributed by atoms with Crippen LogP contribution in [0.2, 0.25) is 0 Å². The molecule has 1 heterocycles. The molecule has 7 heteroatoms. The number of ether oxygens (including phenoxy) is 1. The molecule has 4 rings (SSSR count). The Balaban J connectivity index is 1.91. The van der Waals surface area contributed by atoms with Gasteiger partial charge >= 0.3 is 0 Å². The molecule has 33 heavy (non-hydrogen) atoms. The van der Waals surface area contributed by atoms with E-state index in [1.54, 1.807) is 48.5 Å². The lowest BCUT2D eigenvalue weighted by Gasteiger charge is -2.26. The van der Waals surface area contributed by atoms with E-state index in [1.165, 1.54) is 24.3 Å². The summed E-state index contributed by atoms with van der Waals surface area (Å²) >= 11 is 0. The molecule has 0 aliphatic carbocycles. The van der Waals surface area contributed by atoms with Crippen LogP contribution in [0.4, 0.5) is 5.69 Å². The summed E-state index contributed by atoms with van der Waals surface area (Å²) < 4.78 is 5.63. The van der Waals surface area contributed by atoms with Gasteiger partial charge in [-0.15, -0.1) is 0 Å². The fourth-order valence-electron chi connectivity index (χ4n) is 3.87. The number of anilines is 1. The number of hydrogen-bond donors (Lipinski definition) is 3. The lowest BCUT2D eigenvalue weighted by molar-refractivity contribution is -0.132. The molecule has 7 nitrogen and oxygen atoms in total. The average molecular weight is 445 g/mol. The lowest BCUT2D eigenvalue weighted by Crippen LogP contribution is -2.29. The van der Waals surface area contributed by atoms with Crippen molar-refractivity contribution in [2.75, 3.05) is 11.5 Å². The maximum Gasteiger partial charge on any atom is 0.300 e. The van der Waals surface area contributed by atoms with Crippen molar-refractivity contribution in [2.45, 2.75) is 19.4 Å². The highest BCUT2D eigenvalue weighted by Gasteiger charge is 2.47. The number of carbonyl (C=O) groups is 2. The minimum absolute atomic E-state index is 0.0645. The normalized spacial score (nSPS) is 17.4. The molecule has 1 aliphatic heterocycles. The number of rotatable bonds is 6. The van der Waals surface area contributed by atoms with Gasteiger partial charge in [-0.2, -0.15) is 0 Å². The number of phenols is 2. The zero-order chi connectivity index (χ0) is 23.5. The monoisotopic (exact) mass is 445 g/mol. The van der Waals surface area contributed by atoms with Crippen molar-refractivity contribution in [3.8, 4) is 17.2 Å². The van der Waals surface area contributed by atoms with Crippen LogP contribution in [0.25, 0.3) is 5.76 Å². The summed E-state index contributed by atoms with van der Waals surface area (Å²) in [5.74, 6) is -1.91. The number of carbonyl (C=O) groups excluding carboxylic acids is 2. The van der Waals surface area contributed by atoms with Crippen molar-refractivity contribution in [3.05, 3.63) is 89.5 Å². The Labute approximate surface area is 190 Å². The van der Waals surface area contributed by atoms with Crippen LogP contribution in [-0.2, 0) is 9.59 Å². The molecule has 3 N–H and O–H groups in total. The Morgan fingerprint density at radius 3 is 2.45 bits per heavy atom. The molecule has 1 atom stereocenters. The standard InChI is InChI=1S/C26H23NO6/c1-2-13-33-19-10-6-8-17(15-19)24(30)22-23(16-7-5-9-18(28)14-16)27(26(32)25(22)31)20-11-3-4-12-21(20)29/h3-12,14-15,23,28-30H,2,13H2,1H3/b24-22-. The second-order valence-corrected chi connectivity index (χ2v) is 7.63. The van der Waals surface area contributed by atoms with Crippen molar-refractivity contribution in [2.24, 2.45) is 0 Å². The number of nitrogens with zero attached hydrogens (tertiary/aromatic N) is 1. The minimum Gasteiger partial charge on any atom is -0.508 e. The quantitative estimate of drug-likeness (QED) is 0.293. The third-order valence-corrected chi connectivity index (χ3v) is 5.35. The first-order chi connectivity index (χ1) is 15.9. The molecule has 0 bridgehead atoms.